The molecule has 1 N–H and O–H groups in total. The molecule has 0 bridgehead atoms. The summed E-state index contributed by atoms with van der Waals surface area (Å²) in [5.41, 5.74) is 0.296. The van der Waals surface area contributed by atoms with Crippen LogP contribution in [0.15, 0.2) is 24.3 Å². The lowest BCUT2D eigenvalue weighted by atomic mass is 9.84. The minimum atomic E-state index is -0.904. The van der Waals surface area contributed by atoms with Crippen molar-refractivity contribution in [1.29, 1.82) is 0 Å². The topological polar surface area (TPSA) is 46.5 Å². The van der Waals surface area contributed by atoms with Crippen molar-refractivity contribution in [2.24, 2.45) is 5.92 Å². The van der Waals surface area contributed by atoms with E-state index >= 15 is 0 Å². The minimum absolute atomic E-state index is 0.296. The van der Waals surface area contributed by atoms with Crippen LogP contribution in [-0.4, -0.2) is 17.2 Å². The third-order valence-corrected chi connectivity index (χ3v) is 2.73. The van der Waals surface area contributed by atoms with Crippen molar-refractivity contribution in [2.45, 2.75) is 25.9 Å². The first-order valence-corrected chi connectivity index (χ1v) is 5.15. The van der Waals surface area contributed by atoms with E-state index in [-0.39, 0.29) is 0 Å². The molecule has 0 aromatic heterocycles. The molecular weight excluding hydrogens is 192 g/mol. The van der Waals surface area contributed by atoms with E-state index in [9.17, 15) is 4.79 Å². The summed E-state index contributed by atoms with van der Waals surface area (Å²) in [6.45, 7) is 2.20. The van der Waals surface area contributed by atoms with Crippen LogP contribution in [0.25, 0.3) is 0 Å². The Morgan fingerprint density at radius 2 is 1.93 bits per heavy atom. The van der Waals surface area contributed by atoms with Crippen LogP contribution in [0.2, 0.25) is 0 Å². The normalized spacial score (nSPS) is 24.3. The standard InChI is InChI=1S/C12H14O3/c1-8-6-11(7-8)15-10-4-2-9(3-5-10)12(13)14/h2-5,8,11H,6-7H2,1H3,(H,13,14). The summed E-state index contributed by atoms with van der Waals surface area (Å²) in [5.74, 6) is 0.615. The summed E-state index contributed by atoms with van der Waals surface area (Å²) in [5, 5.41) is 8.71. The summed E-state index contributed by atoms with van der Waals surface area (Å²) in [6, 6.07) is 6.57. The summed E-state index contributed by atoms with van der Waals surface area (Å²) < 4.78 is 5.66. The zero-order valence-electron chi connectivity index (χ0n) is 8.64. The molecule has 1 aromatic carbocycles. The fourth-order valence-corrected chi connectivity index (χ4v) is 1.79. The van der Waals surface area contributed by atoms with E-state index in [1.807, 2.05) is 0 Å². The van der Waals surface area contributed by atoms with Crippen LogP contribution in [-0.2, 0) is 0 Å². The number of benzene rings is 1. The van der Waals surface area contributed by atoms with E-state index < -0.39 is 5.97 Å². The number of carbonyl (C=O) groups is 1. The number of hydrogen-bond acceptors (Lipinski definition) is 2. The second-order valence-electron chi connectivity index (χ2n) is 4.15. The molecule has 80 valence electrons. The average Bonchev–Trinajstić information content (AvgIpc) is 2.16. The van der Waals surface area contributed by atoms with Crippen LogP contribution in [0.3, 0.4) is 0 Å². The monoisotopic (exact) mass is 206 g/mol. The van der Waals surface area contributed by atoms with Crippen molar-refractivity contribution in [2.75, 3.05) is 0 Å². The van der Waals surface area contributed by atoms with Gasteiger partial charge in [0.2, 0.25) is 0 Å². The molecule has 2 rings (SSSR count). The van der Waals surface area contributed by atoms with E-state index in [0.717, 1.165) is 24.5 Å². The van der Waals surface area contributed by atoms with E-state index in [1.54, 1.807) is 24.3 Å². The smallest absolute Gasteiger partial charge is 0.335 e. The largest absolute Gasteiger partial charge is 0.490 e. The Bertz CT molecular complexity index is 350. The SMILES string of the molecule is CC1CC(Oc2ccc(C(=O)O)cc2)C1. The predicted octanol–water partition coefficient (Wildman–Crippen LogP) is 2.56. The molecule has 0 aliphatic heterocycles. The molecule has 0 spiro atoms. The predicted molar refractivity (Wildman–Crippen MR) is 56.2 cm³/mol. The fourth-order valence-electron chi connectivity index (χ4n) is 1.79. The maximum atomic E-state index is 10.6. The highest BCUT2D eigenvalue weighted by atomic mass is 16.5. The molecule has 1 fully saturated rings. The van der Waals surface area contributed by atoms with Crippen molar-refractivity contribution in [3.05, 3.63) is 29.8 Å². The van der Waals surface area contributed by atoms with Gasteiger partial charge in [0.05, 0.1) is 11.7 Å². The van der Waals surface area contributed by atoms with Crippen molar-refractivity contribution < 1.29 is 14.6 Å². The van der Waals surface area contributed by atoms with E-state index in [1.165, 1.54) is 0 Å². The molecule has 1 aliphatic rings. The van der Waals surface area contributed by atoms with Crippen LogP contribution in [0.4, 0.5) is 0 Å². The van der Waals surface area contributed by atoms with Gasteiger partial charge in [-0.1, -0.05) is 6.92 Å². The second kappa shape index (κ2) is 3.93. The molecule has 1 aromatic rings. The van der Waals surface area contributed by atoms with Gasteiger partial charge in [-0.25, -0.2) is 4.79 Å². The van der Waals surface area contributed by atoms with E-state index in [0.29, 0.717) is 11.7 Å². The number of hydrogen-bond donors (Lipinski definition) is 1. The number of carboxylic acids is 1. The van der Waals surface area contributed by atoms with Gasteiger partial charge in [0.25, 0.3) is 0 Å². The molecule has 1 saturated carbocycles. The van der Waals surface area contributed by atoms with Gasteiger partial charge < -0.3 is 9.84 Å². The van der Waals surface area contributed by atoms with Gasteiger partial charge in [0, 0.05) is 0 Å². The molecule has 3 nitrogen and oxygen atoms in total. The van der Waals surface area contributed by atoms with Crippen molar-refractivity contribution in [1.82, 2.24) is 0 Å². The van der Waals surface area contributed by atoms with Crippen molar-refractivity contribution in [3.8, 4) is 5.75 Å². The molecule has 0 saturated heterocycles. The van der Waals surface area contributed by atoms with Crippen LogP contribution in [0, 0.1) is 5.92 Å². The zero-order valence-corrected chi connectivity index (χ0v) is 8.64. The molecule has 3 heteroatoms. The van der Waals surface area contributed by atoms with Gasteiger partial charge in [-0.2, -0.15) is 0 Å². The first-order chi connectivity index (χ1) is 7.15. The Morgan fingerprint density at radius 3 is 2.40 bits per heavy atom. The highest BCUT2D eigenvalue weighted by Gasteiger charge is 2.26. The highest BCUT2D eigenvalue weighted by molar-refractivity contribution is 5.87. The lowest BCUT2D eigenvalue weighted by Gasteiger charge is -2.32. The van der Waals surface area contributed by atoms with Gasteiger partial charge in [-0.05, 0) is 43.0 Å². The third-order valence-electron chi connectivity index (χ3n) is 2.73. The Labute approximate surface area is 88.7 Å². The molecule has 0 heterocycles. The Balaban J connectivity index is 1.95. The van der Waals surface area contributed by atoms with Gasteiger partial charge in [0.1, 0.15) is 5.75 Å². The van der Waals surface area contributed by atoms with Crippen LogP contribution < -0.4 is 4.74 Å². The van der Waals surface area contributed by atoms with Gasteiger partial charge in [-0.15, -0.1) is 0 Å². The Hall–Kier alpha value is -1.51. The lowest BCUT2D eigenvalue weighted by Crippen LogP contribution is -2.31. The maximum absolute atomic E-state index is 10.6. The van der Waals surface area contributed by atoms with Gasteiger partial charge in [-0.3, -0.25) is 0 Å². The van der Waals surface area contributed by atoms with E-state index in [2.05, 4.69) is 6.92 Å². The van der Waals surface area contributed by atoms with Crippen LogP contribution in [0.5, 0.6) is 5.75 Å². The number of ether oxygens (including phenoxy) is 1. The molecule has 0 amide bonds. The Morgan fingerprint density at radius 1 is 1.33 bits per heavy atom. The van der Waals surface area contributed by atoms with Crippen molar-refractivity contribution in [3.63, 3.8) is 0 Å². The lowest BCUT2D eigenvalue weighted by molar-refractivity contribution is 0.0695. The van der Waals surface area contributed by atoms with Gasteiger partial charge in [0.15, 0.2) is 0 Å². The molecule has 0 radical (unpaired) electrons. The Kier molecular flexibility index (Phi) is 2.62. The maximum Gasteiger partial charge on any atom is 0.335 e. The zero-order chi connectivity index (χ0) is 10.8. The molecular formula is C12H14O3. The summed E-state index contributed by atoms with van der Waals surface area (Å²) >= 11 is 0. The first-order valence-electron chi connectivity index (χ1n) is 5.15. The van der Waals surface area contributed by atoms with Crippen LogP contribution >= 0.6 is 0 Å². The number of carboxylic acid groups (broad SMARTS) is 1. The quantitative estimate of drug-likeness (QED) is 0.826. The summed E-state index contributed by atoms with van der Waals surface area (Å²) in [7, 11) is 0. The minimum Gasteiger partial charge on any atom is -0.490 e. The van der Waals surface area contributed by atoms with Crippen LogP contribution in [0.1, 0.15) is 30.1 Å². The average molecular weight is 206 g/mol. The number of rotatable bonds is 3. The second-order valence-corrected chi connectivity index (χ2v) is 4.15. The van der Waals surface area contributed by atoms with E-state index in [4.69, 9.17) is 9.84 Å². The molecule has 0 atom stereocenters. The van der Waals surface area contributed by atoms with Crippen molar-refractivity contribution >= 4 is 5.97 Å². The molecule has 0 unspecified atom stereocenters. The molecule has 1 aliphatic carbocycles. The summed E-state index contributed by atoms with van der Waals surface area (Å²) in [6.07, 6.45) is 2.51. The molecule has 15 heavy (non-hydrogen) atoms. The fraction of sp³-hybridized carbons (Fsp3) is 0.417. The third kappa shape index (κ3) is 2.29. The highest BCUT2D eigenvalue weighted by Crippen LogP contribution is 2.30. The number of aromatic carboxylic acids is 1. The summed E-state index contributed by atoms with van der Waals surface area (Å²) in [4.78, 5) is 10.6. The van der Waals surface area contributed by atoms with Gasteiger partial charge >= 0.3 is 5.97 Å². The first kappa shape index (κ1) is 10.0.